The minimum Gasteiger partial charge on any atom is -0.479 e. The van der Waals surface area contributed by atoms with Gasteiger partial charge in [-0.1, -0.05) is 24.3 Å². The highest BCUT2D eigenvalue weighted by atomic mass is 16.4. The summed E-state index contributed by atoms with van der Waals surface area (Å²) in [4.78, 5) is 21.3. The van der Waals surface area contributed by atoms with Gasteiger partial charge in [-0.3, -0.25) is 0 Å². The molecule has 1 rings (SSSR count). The van der Waals surface area contributed by atoms with Crippen molar-refractivity contribution >= 4 is 11.9 Å². The summed E-state index contributed by atoms with van der Waals surface area (Å²) in [6, 6.07) is 0. The van der Waals surface area contributed by atoms with E-state index in [4.69, 9.17) is 21.7 Å². The Bertz CT molecular complexity index is 299. The van der Waals surface area contributed by atoms with E-state index in [-0.39, 0.29) is 0 Å². The van der Waals surface area contributed by atoms with Crippen LogP contribution in [0.4, 0.5) is 0 Å². The molecule has 0 fully saturated rings. The van der Waals surface area contributed by atoms with Crippen LogP contribution in [-0.4, -0.2) is 33.2 Å². The molecule has 0 atom stereocenters. The molecular weight excluding hydrogens is 188 g/mol. The summed E-state index contributed by atoms with van der Waals surface area (Å²) in [5.41, 5.74) is 7.47. The van der Waals surface area contributed by atoms with Crippen molar-refractivity contribution in [3.05, 3.63) is 24.3 Å². The van der Waals surface area contributed by atoms with Gasteiger partial charge in [0.25, 0.3) is 0 Å². The largest absolute Gasteiger partial charge is 0.479 e. The van der Waals surface area contributed by atoms with Crippen molar-refractivity contribution in [1.82, 2.24) is 0 Å². The molecule has 6 N–H and O–H groups in total. The van der Waals surface area contributed by atoms with Crippen LogP contribution in [0.2, 0.25) is 0 Å². The van der Waals surface area contributed by atoms with Gasteiger partial charge in [0.05, 0.1) is 0 Å². The topological polar surface area (TPSA) is 127 Å². The van der Waals surface area contributed by atoms with E-state index in [1.54, 1.807) is 0 Å². The SMILES string of the molecule is NC1(C(=O)O)C=CC(N)(C(=O)O)C=C1. The zero-order valence-electron chi connectivity index (χ0n) is 7.18. The van der Waals surface area contributed by atoms with Crippen LogP contribution in [0.1, 0.15) is 0 Å². The Morgan fingerprint density at radius 1 is 0.857 bits per heavy atom. The molecule has 0 amide bonds. The first kappa shape index (κ1) is 10.4. The molecule has 0 aliphatic heterocycles. The summed E-state index contributed by atoms with van der Waals surface area (Å²) in [7, 11) is 0. The van der Waals surface area contributed by atoms with Gasteiger partial charge in [-0.05, 0) is 0 Å². The van der Waals surface area contributed by atoms with E-state index < -0.39 is 23.0 Å². The molecule has 6 heteroatoms. The fraction of sp³-hybridized carbons (Fsp3) is 0.250. The first-order valence-electron chi connectivity index (χ1n) is 3.75. The number of hydrogen-bond donors (Lipinski definition) is 4. The summed E-state index contributed by atoms with van der Waals surface area (Å²) in [5, 5.41) is 17.4. The lowest BCUT2D eigenvalue weighted by Gasteiger charge is -2.26. The molecule has 0 saturated heterocycles. The average Bonchev–Trinajstić information content (AvgIpc) is 2.10. The van der Waals surface area contributed by atoms with Crippen molar-refractivity contribution < 1.29 is 19.8 Å². The van der Waals surface area contributed by atoms with Crippen molar-refractivity contribution in [3.63, 3.8) is 0 Å². The predicted molar refractivity (Wildman–Crippen MR) is 47.4 cm³/mol. The molecule has 0 bridgehead atoms. The Labute approximate surface area is 79.5 Å². The number of rotatable bonds is 2. The zero-order valence-corrected chi connectivity index (χ0v) is 7.18. The maximum absolute atomic E-state index is 10.6. The normalized spacial score (nSPS) is 35.6. The van der Waals surface area contributed by atoms with Crippen LogP contribution < -0.4 is 11.5 Å². The van der Waals surface area contributed by atoms with Gasteiger partial charge in [0.15, 0.2) is 11.1 Å². The molecular formula is C8H10N2O4. The number of carboxylic acid groups (broad SMARTS) is 2. The highest BCUT2D eigenvalue weighted by Crippen LogP contribution is 2.18. The van der Waals surface area contributed by atoms with Crippen LogP contribution >= 0.6 is 0 Å². The predicted octanol–water partition coefficient (Wildman–Crippen LogP) is -1.32. The van der Waals surface area contributed by atoms with E-state index in [1.165, 1.54) is 0 Å². The Kier molecular flexibility index (Phi) is 2.18. The van der Waals surface area contributed by atoms with E-state index in [9.17, 15) is 9.59 Å². The highest BCUT2D eigenvalue weighted by Gasteiger charge is 2.37. The zero-order chi connectivity index (χ0) is 11.0. The Balaban J connectivity index is 3.01. The van der Waals surface area contributed by atoms with Crippen LogP contribution in [0.15, 0.2) is 24.3 Å². The molecule has 1 aliphatic rings. The van der Waals surface area contributed by atoms with E-state index in [0.29, 0.717) is 0 Å². The van der Waals surface area contributed by atoms with Crippen LogP contribution in [0.3, 0.4) is 0 Å². The molecule has 0 saturated carbocycles. The minimum atomic E-state index is -1.67. The van der Waals surface area contributed by atoms with E-state index in [1.807, 2.05) is 0 Å². The lowest BCUT2D eigenvalue weighted by atomic mass is 9.86. The smallest absolute Gasteiger partial charge is 0.331 e. The van der Waals surface area contributed by atoms with Gasteiger partial charge in [0.2, 0.25) is 0 Å². The van der Waals surface area contributed by atoms with Gasteiger partial charge < -0.3 is 21.7 Å². The van der Waals surface area contributed by atoms with E-state index in [0.717, 1.165) is 24.3 Å². The van der Waals surface area contributed by atoms with Gasteiger partial charge in [0.1, 0.15) is 0 Å². The maximum atomic E-state index is 10.6. The van der Waals surface area contributed by atoms with Gasteiger partial charge in [-0.25, -0.2) is 9.59 Å². The number of carboxylic acids is 2. The fourth-order valence-electron chi connectivity index (χ4n) is 0.948. The molecule has 76 valence electrons. The van der Waals surface area contributed by atoms with Gasteiger partial charge >= 0.3 is 11.9 Å². The van der Waals surface area contributed by atoms with Gasteiger partial charge in [0, 0.05) is 0 Å². The minimum absolute atomic E-state index is 1.06. The van der Waals surface area contributed by atoms with Crippen molar-refractivity contribution in [2.75, 3.05) is 0 Å². The molecule has 0 aromatic carbocycles. The second-order valence-corrected chi connectivity index (χ2v) is 3.14. The molecule has 0 spiro atoms. The lowest BCUT2D eigenvalue weighted by Crippen LogP contribution is -2.52. The molecule has 0 heterocycles. The van der Waals surface area contributed by atoms with E-state index in [2.05, 4.69) is 0 Å². The monoisotopic (exact) mass is 198 g/mol. The summed E-state index contributed by atoms with van der Waals surface area (Å²) in [6.07, 6.45) is 4.24. The second kappa shape index (κ2) is 2.93. The van der Waals surface area contributed by atoms with Crippen LogP contribution in [0, 0.1) is 0 Å². The highest BCUT2D eigenvalue weighted by molar-refractivity contribution is 5.89. The van der Waals surface area contributed by atoms with E-state index >= 15 is 0 Å². The molecule has 6 nitrogen and oxygen atoms in total. The Hall–Kier alpha value is -1.66. The first-order valence-corrected chi connectivity index (χ1v) is 3.75. The Morgan fingerprint density at radius 3 is 1.21 bits per heavy atom. The molecule has 14 heavy (non-hydrogen) atoms. The second-order valence-electron chi connectivity index (χ2n) is 3.14. The van der Waals surface area contributed by atoms with Crippen molar-refractivity contribution in [1.29, 1.82) is 0 Å². The van der Waals surface area contributed by atoms with Crippen molar-refractivity contribution in [2.24, 2.45) is 11.5 Å². The standard InChI is InChI=1S/C8H10N2O4/c9-7(5(11)12)1-2-8(10,4-3-7)6(13)14/h1-4H,9-10H2,(H,11,12)(H,13,14). The number of nitrogens with two attached hydrogens (primary N) is 2. The van der Waals surface area contributed by atoms with Crippen LogP contribution in [-0.2, 0) is 9.59 Å². The molecule has 0 radical (unpaired) electrons. The molecule has 0 aromatic rings. The number of hydrogen-bond acceptors (Lipinski definition) is 4. The molecule has 1 aliphatic carbocycles. The lowest BCUT2D eigenvalue weighted by molar-refractivity contribution is -0.141. The summed E-state index contributed by atoms with van der Waals surface area (Å²) >= 11 is 0. The average molecular weight is 198 g/mol. The summed E-state index contributed by atoms with van der Waals surface area (Å²) in [5.74, 6) is -2.53. The number of aliphatic carboxylic acids is 2. The first-order chi connectivity index (χ1) is 6.30. The van der Waals surface area contributed by atoms with Gasteiger partial charge in [-0.15, -0.1) is 0 Å². The molecule has 0 unspecified atom stereocenters. The third kappa shape index (κ3) is 1.52. The van der Waals surface area contributed by atoms with Gasteiger partial charge in [-0.2, -0.15) is 0 Å². The van der Waals surface area contributed by atoms with Crippen LogP contribution in [0.25, 0.3) is 0 Å². The maximum Gasteiger partial charge on any atom is 0.331 e. The summed E-state index contributed by atoms with van der Waals surface area (Å²) in [6.45, 7) is 0. The quantitative estimate of drug-likeness (QED) is 0.407. The fourth-order valence-corrected chi connectivity index (χ4v) is 0.948. The molecule has 0 aromatic heterocycles. The summed E-state index contributed by atoms with van der Waals surface area (Å²) < 4.78 is 0. The number of carbonyl (C=O) groups is 2. The third-order valence-corrected chi connectivity index (χ3v) is 2.01. The third-order valence-electron chi connectivity index (χ3n) is 2.01. The van der Waals surface area contributed by atoms with Crippen molar-refractivity contribution in [2.45, 2.75) is 11.1 Å². The van der Waals surface area contributed by atoms with Crippen LogP contribution in [0.5, 0.6) is 0 Å². The Morgan fingerprint density at radius 2 is 1.07 bits per heavy atom. The van der Waals surface area contributed by atoms with Crippen molar-refractivity contribution in [3.8, 4) is 0 Å².